The maximum absolute atomic E-state index is 12.8. The van der Waals surface area contributed by atoms with Gasteiger partial charge in [-0.3, -0.25) is 0 Å². The Hall–Kier alpha value is -0.810. The lowest BCUT2D eigenvalue weighted by Gasteiger charge is -2.20. The summed E-state index contributed by atoms with van der Waals surface area (Å²) in [6.45, 7) is 0.882. The van der Waals surface area contributed by atoms with E-state index in [4.69, 9.17) is 12.2 Å². The standard InChI is InChI=1S/C16H23FN2S2/c17-13-7-9-14(10-8-13)19-16(20)18-11-4-12-21-15-5-2-1-3-6-15/h7-10,15H,1-6,11-12H2,(H2,18,19,20). The van der Waals surface area contributed by atoms with Crippen LogP contribution in [0.15, 0.2) is 24.3 Å². The highest BCUT2D eigenvalue weighted by Crippen LogP contribution is 2.28. The van der Waals surface area contributed by atoms with E-state index in [0.29, 0.717) is 5.11 Å². The van der Waals surface area contributed by atoms with Crippen molar-refractivity contribution in [2.45, 2.75) is 43.8 Å². The van der Waals surface area contributed by atoms with Crippen molar-refractivity contribution in [1.82, 2.24) is 5.32 Å². The molecule has 1 aliphatic carbocycles. The molecule has 1 aliphatic rings. The van der Waals surface area contributed by atoms with Crippen LogP contribution in [0, 0.1) is 5.82 Å². The van der Waals surface area contributed by atoms with Gasteiger partial charge >= 0.3 is 0 Å². The Bertz CT molecular complexity index is 430. The van der Waals surface area contributed by atoms with Crippen molar-refractivity contribution in [3.8, 4) is 0 Å². The third-order valence-electron chi connectivity index (χ3n) is 3.61. The van der Waals surface area contributed by atoms with Gasteiger partial charge in [-0.05, 0) is 61.5 Å². The summed E-state index contributed by atoms with van der Waals surface area (Å²) < 4.78 is 12.8. The first kappa shape index (κ1) is 16.6. The van der Waals surface area contributed by atoms with Crippen LogP contribution in [-0.4, -0.2) is 22.7 Å². The quantitative estimate of drug-likeness (QED) is 0.591. The van der Waals surface area contributed by atoms with Gasteiger partial charge in [-0.25, -0.2) is 4.39 Å². The van der Waals surface area contributed by atoms with Gasteiger partial charge in [0.05, 0.1) is 0 Å². The van der Waals surface area contributed by atoms with Crippen LogP contribution in [0.1, 0.15) is 38.5 Å². The third kappa shape index (κ3) is 6.66. The van der Waals surface area contributed by atoms with Gasteiger partial charge in [0.15, 0.2) is 5.11 Å². The number of halogens is 1. The number of benzene rings is 1. The Morgan fingerprint density at radius 1 is 1.19 bits per heavy atom. The number of anilines is 1. The first-order chi connectivity index (χ1) is 10.2. The van der Waals surface area contributed by atoms with E-state index in [2.05, 4.69) is 22.4 Å². The molecule has 0 spiro atoms. The fraction of sp³-hybridized carbons (Fsp3) is 0.562. The predicted molar refractivity (Wildman–Crippen MR) is 94.6 cm³/mol. The molecule has 0 unspecified atom stereocenters. The van der Waals surface area contributed by atoms with E-state index in [1.807, 2.05) is 0 Å². The zero-order chi connectivity index (χ0) is 14.9. The molecule has 0 bridgehead atoms. The summed E-state index contributed by atoms with van der Waals surface area (Å²) in [6, 6.07) is 6.21. The minimum atomic E-state index is -0.237. The summed E-state index contributed by atoms with van der Waals surface area (Å²) in [5.41, 5.74) is 0.811. The molecule has 2 nitrogen and oxygen atoms in total. The van der Waals surface area contributed by atoms with E-state index in [0.717, 1.165) is 23.9 Å². The van der Waals surface area contributed by atoms with E-state index in [9.17, 15) is 4.39 Å². The molecule has 2 rings (SSSR count). The summed E-state index contributed by atoms with van der Waals surface area (Å²) in [5.74, 6) is 0.954. The molecule has 0 atom stereocenters. The Morgan fingerprint density at radius 3 is 2.62 bits per heavy atom. The fourth-order valence-corrected chi connectivity index (χ4v) is 4.00. The molecule has 21 heavy (non-hydrogen) atoms. The van der Waals surface area contributed by atoms with Gasteiger partial charge in [-0.2, -0.15) is 11.8 Å². The molecule has 116 valence electrons. The van der Waals surface area contributed by atoms with Gasteiger partial charge in [-0.15, -0.1) is 0 Å². The second-order valence-corrected chi connectivity index (χ2v) is 7.19. The van der Waals surface area contributed by atoms with E-state index in [1.54, 1.807) is 12.1 Å². The molecule has 0 radical (unpaired) electrons. The van der Waals surface area contributed by atoms with E-state index in [-0.39, 0.29) is 5.82 Å². The Balaban J connectivity index is 1.53. The van der Waals surface area contributed by atoms with Crippen LogP contribution in [0.3, 0.4) is 0 Å². The molecule has 0 saturated heterocycles. The molecule has 1 aromatic rings. The zero-order valence-corrected chi connectivity index (χ0v) is 13.9. The number of rotatable bonds is 6. The Kier molecular flexibility index (Phi) is 7.30. The van der Waals surface area contributed by atoms with Gasteiger partial charge in [0.25, 0.3) is 0 Å². The van der Waals surface area contributed by atoms with Crippen molar-refractivity contribution in [3.05, 3.63) is 30.1 Å². The molecule has 0 amide bonds. The summed E-state index contributed by atoms with van der Waals surface area (Å²) in [5, 5.41) is 7.73. The first-order valence-corrected chi connectivity index (χ1v) is 9.12. The Morgan fingerprint density at radius 2 is 1.90 bits per heavy atom. The van der Waals surface area contributed by atoms with Gasteiger partial charge < -0.3 is 10.6 Å². The normalized spacial score (nSPS) is 15.7. The topological polar surface area (TPSA) is 24.1 Å². The number of hydrogen-bond donors (Lipinski definition) is 2. The molecular formula is C16H23FN2S2. The molecule has 5 heteroatoms. The molecule has 1 fully saturated rings. The third-order valence-corrected chi connectivity index (χ3v) is 5.33. The molecule has 1 saturated carbocycles. The predicted octanol–water partition coefficient (Wildman–Crippen LogP) is 4.57. The maximum Gasteiger partial charge on any atom is 0.170 e. The lowest BCUT2D eigenvalue weighted by molar-refractivity contribution is 0.516. The van der Waals surface area contributed by atoms with Gasteiger partial charge in [0, 0.05) is 17.5 Å². The second-order valence-electron chi connectivity index (χ2n) is 5.37. The lowest BCUT2D eigenvalue weighted by Crippen LogP contribution is -2.29. The molecular weight excluding hydrogens is 303 g/mol. The van der Waals surface area contributed by atoms with Crippen molar-refractivity contribution in [2.75, 3.05) is 17.6 Å². The van der Waals surface area contributed by atoms with Crippen LogP contribution in [0.25, 0.3) is 0 Å². The Labute approximate surface area is 136 Å². The van der Waals surface area contributed by atoms with Crippen LogP contribution in [0.2, 0.25) is 0 Å². The summed E-state index contributed by atoms with van der Waals surface area (Å²) in [7, 11) is 0. The number of hydrogen-bond acceptors (Lipinski definition) is 2. The first-order valence-electron chi connectivity index (χ1n) is 7.66. The highest BCUT2D eigenvalue weighted by atomic mass is 32.2. The molecule has 2 N–H and O–H groups in total. The average molecular weight is 327 g/mol. The average Bonchev–Trinajstić information content (AvgIpc) is 2.50. The van der Waals surface area contributed by atoms with E-state index in [1.165, 1.54) is 50.0 Å². The van der Waals surface area contributed by atoms with Crippen molar-refractivity contribution < 1.29 is 4.39 Å². The maximum atomic E-state index is 12.8. The highest BCUT2D eigenvalue weighted by molar-refractivity contribution is 7.99. The SMILES string of the molecule is Fc1ccc(NC(=S)NCCCSC2CCCCC2)cc1. The number of thiocarbonyl (C=S) groups is 1. The zero-order valence-electron chi connectivity index (χ0n) is 12.2. The van der Waals surface area contributed by atoms with E-state index >= 15 is 0 Å². The van der Waals surface area contributed by atoms with Crippen LogP contribution < -0.4 is 10.6 Å². The van der Waals surface area contributed by atoms with Crippen molar-refractivity contribution in [2.24, 2.45) is 0 Å². The van der Waals surface area contributed by atoms with Crippen LogP contribution in [0.5, 0.6) is 0 Å². The summed E-state index contributed by atoms with van der Waals surface area (Å²) in [4.78, 5) is 0. The fourth-order valence-electron chi connectivity index (χ4n) is 2.46. The van der Waals surface area contributed by atoms with Crippen molar-refractivity contribution in [1.29, 1.82) is 0 Å². The van der Waals surface area contributed by atoms with Gasteiger partial charge in [-0.1, -0.05) is 19.3 Å². The minimum Gasteiger partial charge on any atom is -0.362 e. The minimum absolute atomic E-state index is 0.237. The number of nitrogens with one attached hydrogen (secondary N) is 2. The van der Waals surface area contributed by atoms with Gasteiger partial charge in [0.1, 0.15) is 5.82 Å². The molecule has 1 aromatic carbocycles. The van der Waals surface area contributed by atoms with Crippen molar-refractivity contribution in [3.63, 3.8) is 0 Å². The smallest absolute Gasteiger partial charge is 0.170 e. The monoisotopic (exact) mass is 326 g/mol. The van der Waals surface area contributed by atoms with Gasteiger partial charge in [0.2, 0.25) is 0 Å². The van der Waals surface area contributed by atoms with Crippen LogP contribution >= 0.6 is 24.0 Å². The van der Waals surface area contributed by atoms with Crippen LogP contribution in [0.4, 0.5) is 10.1 Å². The number of thioether (sulfide) groups is 1. The van der Waals surface area contributed by atoms with Crippen molar-refractivity contribution >= 4 is 34.8 Å². The second kappa shape index (κ2) is 9.26. The lowest BCUT2D eigenvalue weighted by atomic mass is 10.0. The van der Waals surface area contributed by atoms with E-state index < -0.39 is 0 Å². The summed E-state index contributed by atoms with van der Waals surface area (Å²) in [6.07, 6.45) is 8.13. The highest BCUT2D eigenvalue weighted by Gasteiger charge is 2.12. The largest absolute Gasteiger partial charge is 0.362 e. The molecule has 0 aromatic heterocycles. The molecule has 0 heterocycles. The van der Waals surface area contributed by atoms with Crippen LogP contribution in [-0.2, 0) is 0 Å². The summed E-state index contributed by atoms with van der Waals surface area (Å²) >= 11 is 7.33. The molecule has 0 aliphatic heterocycles.